The summed E-state index contributed by atoms with van der Waals surface area (Å²) in [6, 6.07) is 5.48. The van der Waals surface area contributed by atoms with Crippen molar-refractivity contribution in [2.24, 2.45) is 0 Å². The van der Waals surface area contributed by atoms with E-state index in [9.17, 15) is 4.79 Å². The van der Waals surface area contributed by atoms with Crippen LogP contribution < -0.4 is 4.90 Å². The van der Waals surface area contributed by atoms with Gasteiger partial charge in [0, 0.05) is 45.1 Å². The van der Waals surface area contributed by atoms with E-state index in [2.05, 4.69) is 32.8 Å². The molecule has 0 spiro atoms. The van der Waals surface area contributed by atoms with Gasteiger partial charge in [0.05, 0.1) is 16.3 Å². The molecule has 3 heterocycles. The molecule has 0 amide bonds. The van der Waals surface area contributed by atoms with Gasteiger partial charge in [-0.05, 0) is 24.6 Å². The highest BCUT2D eigenvalue weighted by Crippen LogP contribution is 2.25. The van der Waals surface area contributed by atoms with E-state index < -0.39 is 5.97 Å². The molecule has 24 heavy (non-hydrogen) atoms. The Morgan fingerprint density at radius 2 is 2.04 bits per heavy atom. The number of aryl methyl sites for hydroxylation is 1. The van der Waals surface area contributed by atoms with E-state index in [1.165, 1.54) is 17.8 Å². The highest BCUT2D eigenvalue weighted by atomic mass is 35.5. The second-order valence-electron chi connectivity index (χ2n) is 5.86. The van der Waals surface area contributed by atoms with Crippen molar-refractivity contribution in [1.82, 2.24) is 14.9 Å². The number of halogens is 1. The molecular weight excluding hydrogens is 328 g/mol. The van der Waals surface area contributed by atoms with Crippen molar-refractivity contribution in [2.45, 2.75) is 13.5 Å². The minimum atomic E-state index is -1.02. The number of piperazine rings is 1. The van der Waals surface area contributed by atoms with Crippen molar-refractivity contribution < 1.29 is 9.90 Å². The summed E-state index contributed by atoms with van der Waals surface area (Å²) in [5, 5.41) is 9.36. The molecule has 1 aliphatic heterocycles. The van der Waals surface area contributed by atoms with Gasteiger partial charge in [-0.25, -0.2) is 9.78 Å². The fraction of sp³-hybridized carbons (Fsp3) is 0.353. The summed E-state index contributed by atoms with van der Waals surface area (Å²) < 4.78 is 0. The first-order valence-electron chi connectivity index (χ1n) is 7.81. The number of anilines is 1. The number of carbonyl (C=O) groups is 1. The van der Waals surface area contributed by atoms with Crippen LogP contribution >= 0.6 is 11.6 Å². The van der Waals surface area contributed by atoms with Gasteiger partial charge in [-0.3, -0.25) is 9.88 Å². The van der Waals surface area contributed by atoms with Gasteiger partial charge in [0.2, 0.25) is 0 Å². The van der Waals surface area contributed by atoms with E-state index in [-0.39, 0.29) is 5.56 Å². The average Bonchev–Trinajstić information content (AvgIpc) is 2.58. The van der Waals surface area contributed by atoms with E-state index in [0.29, 0.717) is 10.8 Å². The van der Waals surface area contributed by atoms with Crippen LogP contribution in [0.1, 0.15) is 21.6 Å². The smallest absolute Gasteiger partial charge is 0.337 e. The lowest BCUT2D eigenvalue weighted by Crippen LogP contribution is -2.46. The summed E-state index contributed by atoms with van der Waals surface area (Å²) in [6.07, 6.45) is 3.18. The van der Waals surface area contributed by atoms with Gasteiger partial charge < -0.3 is 10.0 Å². The Bertz CT molecular complexity index is 745. The van der Waals surface area contributed by atoms with Crippen molar-refractivity contribution in [3.63, 3.8) is 0 Å². The Hall–Kier alpha value is -2.18. The van der Waals surface area contributed by atoms with Crippen molar-refractivity contribution in [3.8, 4) is 0 Å². The number of nitrogens with zero attached hydrogens (tertiary/aromatic N) is 4. The topological polar surface area (TPSA) is 69.6 Å². The predicted octanol–water partition coefficient (Wildman–Crippen LogP) is 2.46. The van der Waals surface area contributed by atoms with Gasteiger partial charge >= 0.3 is 5.97 Å². The molecule has 126 valence electrons. The van der Waals surface area contributed by atoms with Crippen LogP contribution in [0.3, 0.4) is 0 Å². The summed E-state index contributed by atoms with van der Waals surface area (Å²) in [7, 11) is 0. The second kappa shape index (κ2) is 7.15. The van der Waals surface area contributed by atoms with Gasteiger partial charge in [0.15, 0.2) is 0 Å². The summed E-state index contributed by atoms with van der Waals surface area (Å²) in [5.41, 5.74) is 2.41. The second-order valence-corrected chi connectivity index (χ2v) is 6.27. The van der Waals surface area contributed by atoms with E-state index in [1.54, 1.807) is 0 Å². The number of hydrogen-bond donors (Lipinski definition) is 1. The maximum Gasteiger partial charge on any atom is 0.337 e. The lowest BCUT2D eigenvalue weighted by molar-refractivity contribution is 0.0696. The van der Waals surface area contributed by atoms with Crippen LogP contribution in [0.2, 0.25) is 5.02 Å². The number of hydrogen-bond acceptors (Lipinski definition) is 5. The largest absolute Gasteiger partial charge is 0.478 e. The van der Waals surface area contributed by atoms with Gasteiger partial charge in [-0.15, -0.1) is 0 Å². The van der Waals surface area contributed by atoms with E-state index in [0.717, 1.165) is 38.4 Å². The van der Waals surface area contributed by atoms with Crippen LogP contribution in [-0.2, 0) is 6.54 Å². The third-order valence-electron chi connectivity index (χ3n) is 4.23. The van der Waals surface area contributed by atoms with Crippen LogP contribution in [0.4, 0.5) is 5.82 Å². The molecule has 1 N–H and O–H groups in total. The van der Waals surface area contributed by atoms with Crippen molar-refractivity contribution in [3.05, 3.63) is 52.4 Å². The highest BCUT2D eigenvalue weighted by Gasteiger charge is 2.21. The zero-order valence-corrected chi connectivity index (χ0v) is 14.2. The molecule has 0 unspecified atom stereocenters. The minimum absolute atomic E-state index is 0.105. The Morgan fingerprint density at radius 3 is 2.67 bits per heavy atom. The zero-order chi connectivity index (χ0) is 17.1. The Labute approximate surface area is 145 Å². The van der Waals surface area contributed by atoms with Crippen molar-refractivity contribution in [2.75, 3.05) is 31.1 Å². The quantitative estimate of drug-likeness (QED) is 0.917. The third-order valence-corrected chi connectivity index (χ3v) is 4.51. The monoisotopic (exact) mass is 346 g/mol. The molecule has 0 bridgehead atoms. The molecule has 2 aromatic heterocycles. The number of aromatic carboxylic acids is 1. The Morgan fingerprint density at radius 1 is 1.29 bits per heavy atom. The summed E-state index contributed by atoms with van der Waals surface area (Å²) >= 11 is 6.20. The molecule has 0 aromatic carbocycles. The number of pyridine rings is 2. The average molecular weight is 347 g/mol. The van der Waals surface area contributed by atoms with Gasteiger partial charge in [-0.1, -0.05) is 17.7 Å². The first-order valence-corrected chi connectivity index (χ1v) is 8.19. The van der Waals surface area contributed by atoms with Crippen molar-refractivity contribution in [1.29, 1.82) is 0 Å². The van der Waals surface area contributed by atoms with Gasteiger partial charge in [0.1, 0.15) is 5.82 Å². The fourth-order valence-electron chi connectivity index (χ4n) is 2.79. The van der Waals surface area contributed by atoms with E-state index in [4.69, 9.17) is 16.7 Å². The third kappa shape index (κ3) is 3.66. The molecular formula is C17H19ClN4O2. The van der Waals surface area contributed by atoms with Crippen LogP contribution in [0.25, 0.3) is 0 Å². The number of rotatable bonds is 4. The highest BCUT2D eigenvalue weighted by molar-refractivity contribution is 6.33. The van der Waals surface area contributed by atoms with Gasteiger partial charge in [0.25, 0.3) is 0 Å². The van der Waals surface area contributed by atoms with Crippen LogP contribution in [-0.4, -0.2) is 52.1 Å². The Balaban J connectivity index is 1.63. The van der Waals surface area contributed by atoms with E-state index in [1.807, 2.05) is 12.3 Å². The first-order chi connectivity index (χ1) is 11.5. The normalized spacial score (nSPS) is 15.5. The summed E-state index contributed by atoms with van der Waals surface area (Å²) in [4.78, 5) is 24.1. The SMILES string of the molecule is Cc1cccnc1CN1CCN(c2ncc(C(=O)O)cc2Cl)CC1. The van der Waals surface area contributed by atoms with Crippen LogP contribution in [0.15, 0.2) is 30.6 Å². The summed E-state index contributed by atoms with van der Waals surface area (Å²) in [6.45, 7) is 6.27. The maximum atomic E-state index is 11.0. The molecule has 7 heteroatoms. The van der Waals surface area contributed by atoms with Gasteiger partial charge in [-0.2, -0.15) is 0 Å². The summed E-state index contributed by atoms with van der Waals surface area (Å²) in [5.74, 6) is -0.373. The van der Waals surface area contributed by atoms with Crippen LogP contribution in [0, 0.1) is 6.92 Å². The zero-order valence-electron chi connectivity index (χ0n) is 13.4. The first kappa shape index (κ1) is 16.7. The molecule has 0 radical (unpaired) electrons. The number of carboxylic acids is 1. The molecule has 6 nitrogen and oxygen atoms in total. The molecule has 1 aliphatic rings. The van der Waals surface area contributed by atoms with E-state index >= 15 is 0 Å². The van der Waals surface area contributed by atoms with Crippen molar-refractivity contribution >= 4 is 23.4 Å². The predicted molar refractivity (Wildman–Crippen MR) is 92.7 cm³/mol. The molecule has 3 rings (SSSR count). The van der Waals surface area contributed by atoms with Crippen LogP contribution in [0.5, 0.6) is 0 Å². The number of carboxylic acid groups (broad SMARTS) is 1. The minimum Gasteiger partial charge on any atom is -0.478 e. The molecule has 1 fully saturated rings. The molecule has 2 aromatic rings. The lowest BCUT2D eigenvalue weighted by atomic mass is 10.2. The maximum absolute atomic E-state index is 11.0. The molecule has 0 saturated carbocycles. The Kier molecular flexibility index (Phi) is 4.97. The molecule has 1 saturated heterocycles. The standard InChI is InChI=1S/C17H19ClN4O2/c1-12-3-2-4-19-15(12)11-21-5-7-22(8-6-21)16-14(18)9-13(10-20-16)17(23)24/h2-4,9-10H,5-8,11H2,1H3,(H,23,24). The lowest BCUT2D eigenvalue weighted by Gasteiger charge is -2.35. The molecule has 0 atom stereocenters. The molecule has 0 aliphatic carbocycles. The number of aromatic nitrogens is 2. The fourth-order valence-corrected chi connectivity index (χ4v) is 3.08.